The van der Waals surface area contributed by atoms with Crippen LogP contribution in [0.3, 0.4) is 0 Å². The molecule has 7 heteroatoms. The minimum Gasteiger partial charge on any atom is -0.495 e. The minimum atomic E-state index is -0.391. The van der Waals surface area contributed by atoms with E-state index < -0.39 is 5.82 Å². The van der Waals surface area contributed by atoms with Crippen molar-refractivity contribution in [1.29, 1.82) is 0 Å². The second kappa shape index (κ2) is 8.39. The molecule has 0 saturated carbocycles. The van der Waals surface area contributed by atoms with Crippen molar-refractivity contribution in [2.24, 2.45) is 5.92 Å². The van der Waals surface area contributed by atoms with Gasteiger partial charge in [-0.2, -0.15) is 0 Å². The van der Waals surface area contributed by atoms with Crippen LogP contribution in [0.15, 0.2) is 42.5 Å². The van der Waals surface area contributed by atoms with Crippen LogP contribution in [0.5, 0.6) is 5.75 Å². The Kier molecular flexibility index (Phi) is 5.96. The minimum absolute atomic E-state index is 0.188. The van der Waals surface area contributed by atoms with Crippen LogP contribution in [0.4, 0.5) is 10.1 Å². The molecule has 5 nitrogen and oxygen atoms in total. The van der Waals surface area contributed by atoms with E-state index in [-0.39, 0.29) is 17.7 Å². The van der Waals surface area contributed by atoms with Crippen LogP contribution >= 0.6 is 11.6 Å². The molecule has 27 heavy (non-hydrogen) atoms. The fourth-order valence-electron chi connectivity index (χ4n) is 3.16. The summed E-state index contributed by atoms with van der Waals surface area (Å²) >= 11 is 6.00. The number of carbonyl (C=O) groups is 2. The van der Waals surface area contributed by atoms with E-state index in [1.165, 1.54) is 31.4 Å². The number of ether oxygens (including phenoxy) is 1. The molecule has 1 atom stereocenters. The van der Waals surface area contributed by atoms with E-state index in [2.05, 4.69) is 5.32 Å². The van der Waals surface area contributed by atoms with Crippen LogP contribution in [0.25, 0.3) is 0 Å². The van der Waals surface area contributed by atoms with E-state index >= 15 is 0 Å². The predicted octanol–water partition coefficient (Wildman–Crippen LogP) is 3.98. The maximum absolute atomic E-state index is 13.1. The zero-order chi connectivity index (χ0) is 19.4. The molecule has 1 aliphatic heterocycles. The number of benzene rings is 2. The van der Waals surface area contributed by atoms with E-state index in [9.17, 15) is 14.0 Å². The number of hydrogen-bond donors (Lipinski definition) is 1. The van der Waals surface area contributed by atoms with E-state index in [4.69, 9.17) is 16.3 Å². The molecule has 0 aromatic heterocycles. The molecule has 1 heterocycles. The highest BCUT2D eigenvalue weighted by atomic mass is 35.5. The average molecular weight is 391 g/mol. The lowest BCUT2D eigenvalue weighted by Gasteiger charge is -2.32. The molecule has 0 bridgehead atoms. The predicted molar refractivity (Wildman–Crippen MR) is 102 cm³/mol. The molecule has 3 rings (SSSR count). The van der Waals surface area contributed by atoms with E-state index in [1.54, 1.807) is 23.1 Å². The second-order valence-electron chi connectivity index (χ2n) is 6.43. The lowest BCUT2D eigenvalue weighted by Crippen LogP contribution is -2.43. The van der Waals surface area contributed by atoms with Crippen molar-refractivity contribution in [1.82, 2.24) is 4.90 Å². The van der Waals surface area contributed by atoms with Crippen LogP contribution < -0.4 is 10.1 Å². The Morgan fingerprint density at radius 2 is 1.96 bits per heavy atom. The Morgan fingerprint density at radius 1 is 1.22 bits per heavy atom. The molecular formula is C20H20ClFN2O3. The van der Waals surface area contributed by atoms with Crippen LogP contribution in [-0.2, 0) is 4.79 Å². The number of carbonyl (C=O) groups excluding carboxylic acids is 2. The van der Waals surface area contributed by atoms with Crippen molar-refractivity contribution in [3.05, 3.63) is 58.9 Å². The number of rotatable bonds is 4. The van der Waals surface area contributed by atoms with Crippen molar-refractivity contribution in [3.63, 3.8) is 0 Å². The summed E-state index contributed by atoms with van der Waals surface area (Å²) in [6.07, 6.45) is 1.40. The summed E-state index contributed by atoms with van der Waals surface area (Å²) in [6.45, 7) is 0.880. The molecule has 1 N–H and O–H groups in total. The standard InChI is InChI=1S/C20H20ClFN2O3/c1-27-18-9-6-15(21)11-17(18)23-19(25)14-3-2-10-24(12-14)20(26)13-4-7-16(22)8-5-13/h4-9,11,14H,2-3,10,12H2,1H3,(H,23,25)/t14-/m0/s1. The third-order valence-electron chi connectivity index (χ3n) is 4.59. The number of nitrogens with one attached hydrogen (secondary N) is 1. The van der Waals surface area contributed by atoms with Crippen molar-refractivity contribution in [2.75, 3.05) is 25.5 Å². The van der Waals surface area contributed by atoms with Gasteiger partial charge in [0.1, 0.15) is 11.6 Å². The van der Waals surface area contributed by atoms with Gasteiger partial charge in [0.2, 0.25) is 5.91 Å². The summed E-state index contributed by atoms with van der Waals surface area (Å²) < 4.78 is 18.3. The number of likely N-dealkylation sites (tertiary alicyclic amines) is 1. The lowest BCUT2D eigenvalue weighted by atomic mass is 9.96. The highest BCUT2D eigenvalue weighted by Gasteiger charge is 2.29. The van der Waals surface area contributed by atoms with Gasteiger partial charge < -0.3 is 15.0 Å². The highest BCUT2D eigenvalue weighted by molar-refractivity contribution is 6.31. The number of amides is 2. The first-order valence-electron chi connectivity index (χ1n) is 8.67. The Morgan fingerprint density at radius 3 is 2.67 bits per heavy atom. The first-order valence-corrected chi connectivity index (χ1v) is 9.05. The Balaban J connectivity index is 1.68. The van der Waals surface area contributed by atoms with Gasteiger partial charge in [-0.15, -0.1) is 0 Å². The number of anilines is 1. The number of methoxy groups -OCH3 is 1. The quantitative estimate of drug-likeness (QED) is 0.859. The molecule has 142 valence electrons. The molecule has 1 aliphatic rings. The number of piperidine rings is 1. The van der Waals surface area contributed by atoms with Gasteiger partial charge in [-0.25, -0.2) is 4.39 Å². The van der Waals surface area contributed by atoms with Gasteiger partial charge >= 0.3 is 0 Å². The van der Waals surface area contributed by atoms with Crippen LogP contribution in [0, 0.1) is 11.7 Å². The highest BCUT2D eigenvalue weighted by Crippen LogP contribution is 2.29. The normalized spacial score (nSPS) is 16.7. The van der Waals surface area contributed by atoms with Gasteiger partial charge in [0.25, 0.3) is 5.91 Å². The Bertz CT molecular complexity index is 842. The summed E-state index contributed by atoms with van der Waals surface area (Å²) in [5.74, 6) is -0.604. The van der Waals surface area contributed by atoms with Gasteiger partial charge in [-0.3, -0.25) is 9.59 Å². The maximum atomic E-state index is 13.1. The Hall–Kier alpha value is -2.60. The van der Waals surface area contributed by atoms with Crippen molar-refractivity contribution in [3.8, 4) is 5.75 Å². The summed E-state index contributed by atoms with van der Waals surface area (Å²) in [5.41, 5.74) is 0.908. The molecular weight excluding hydrogens is 371 g/mol. The van der Waals surface area contributed by atoms with Crippen LogP contribution in [0.1, 0.15) is 23.2 Å². The zero-order valence-corrected chi connectivity index (χ0v) is 15.6. The van der Waals surface area contributed by atoms with Gasteiger partial charge in [-0.05, 0) is 55.3 Å². The molecule has 0 spiro atoms. The van der Waals surface area contributed by atoms with Gasteiger partial charge in [-0.1, -0.05) is 11.6 Å². The fourth-order valence-corrected chi connectivity index (χ4v) is 3.34. The summed E-state index contributed by atoms with van der Waals surface area (Å²) in [6, 6.07) is 10.4. The van der Waals surface area contributed by atoms with E-state index in [0.717, 1.165) is 6.42 Å². The second-order valence-corrected chi connectivity index (χ2v) is 6.87. The first-order chi connectivity index (χ1) is 13.0. The molecule has 1 fully saturated rings. The summed E-state index contributed by atoms with van der Waals surface area (Å²) in [4.78, 5) is 27.0. The molecule has 0 unspecified atom stereocenters. The smallest absolute Gasteiger partial charge is 0.253 e. The summed E-state index contributed by atoms with van der Waals surface area (Å²) in [7, 11) is 1.52. The summed E-state index contributed by atoms with van der Waals surface area (Å²) in [5, 5.41) is 3.33. The third kappa shape index (κ3) is 4.57. The molecule has 2 aromatic rings. The molecule has 2 amide bonds. The molecule has 2 aromatic carbocycles. The Labute approximate surface area is 162 Å². The maximum Gasteiger partial charge on any atom is 0.253 e. The average Bonchev–Trinajstić information content (AvgIpc) is 2.68. The molecule has 0 aliphatic carbocycles. The number of halogens is 2. The molecule has 1 saturated heterocycles. The molecule has 0 radical (unpaired) electrons. The van der Waals surface area contributed by atoms with Gasteiger partial charge in [0, 0.05) is 23.7 Å². The van der Waals surface area contributed by atoms with E-state index in [0.29, 0.717) is 41.5 Å². The van der Waals surface area contributed by atoms with Crippen molar-refractivity contribution < 1.29 is 18.7 Å². The van der Waals surface area contributed by atoms with Crippen LogP contribution in [0.2, 0.25) is 5.02 Å². The van der Waals surface area contributed by atoms with E-state index in [1.807, 2.05) is 0 Å². The third-order valence-corrected chi connectivity index (χ3v) is 4.83. The fraction of sp³-hybridized carbons (Fsp3) is 0.300. The topological polar surface area (TPSA) is 58.6 Å². The van der Waals surface area contributed by atoms with Gasteiger partial charge in [0.15, 0.2) is 0 Å². The van der Waals surface area contributed by atoms with Crippen LogP contribution in [-0.4, -0.2) is 36.9 Å². The van der Waals surface area contributed by atoms with Gasteiger partial charge in [0.05, 0.1) is 18.7 Å². The number of hydrogen-bond acceptors (Lipinski definition) is 3. The van der Waals surface area contributed by atoms with Crippen molar-refractivity contribution >= 4 is 29.1 Å². The monoisotopic (exact) mass is 390 g/mol. The van der Waals surface area contributed by atoms with Crippen molar-refractivity contribution in [2.45, 2.75) is 12.8 Å². The lowest BCUT2D eigenvalue weighted by molar-refractivity contribution is -0.121. The largest absolute Gasteiger partial charge is 0.495 e. The first kappa shape index (κ1) is 19.2. The zero-order valence-electron chi connectivity index (χ0n) is 14.9. The number of nitrogens with zero attached hydrogens (tertiary/aromatic N) is 1. The SMILES string of the molecule is COc1ccc(Cl)cc1NC(=O)[C@H]1CCCN(C(=O)c2ccc(F)cc2)C1.